The van der Waals surface area contributed by atoms with Crippen LogP contribution in [0.5, 0.6) is 0 Å². The molecule has 0 radical (unpaired) electrons. The molecule has 0 aliphatic rings. The number of aldehydes is 1. The maximum Gasteiger partial charge on any atom is 0.306 e. The van der Waals surface area contributed by atoms with E-state index >= 15 is 0 Å². The van der Waals surface area contributed by atoms with Crippen molar-refractivity contribution in [1.29, 1.82) is 0 Å². The van der Waals surface area contributed by atoms with Crippen LogP contribution in [0.1, 0.15) is 168 Å². The second-order valence-corrected chi connectivity index (χ2v) is 9.77. The van der Waals surface area contributed by atoms with Crippen molar-refractivity contribution >= 4 is 12.3 Å². The van der Waals surface area contributed by atoms with Crippen LogP contribution in [0.4, 0.5) is 0 Å². The number of carbonyl (C=O) groups excluding carboxylic acids is 2. The maximum absolute atomic E-state index is 12.1. The van der Waals surface area contributed by atoms with Crippen molar-refractivity contribution in [2.24, 2.45) is 0 Å². The molecular formula is C29H56O3. The molecule has 1 unspecified atom stereocenters. The predicted molar refractivity (Wildman–Crippen MR) is 138 cm³/mol. The standard InChI is InChI=1S/C29H56O3/c1-3-5-7-9-11-13-15-17-19-21-23-25-29(31)32-28(26-27-30)24-22-20-18-16-14-12-10-8-6-4-2/h27-28H,3-26H2,1-2H3. The van der Waals surface area contributed by atoms with E-state index in [-0.39, 0.29) is 12.1 Å². The molecule has 0 aromatic carbocycles. The Morgan fingerprint density at radius 2 is 0.969 bits per heavy atom. The van der Waals surface area contributed by atoms with Crippen molar-refractivity contribution in [3.8, 4) is 0 Å². The molecule has 1 atom stereocenters. The molecule has 0 spiro atoms. The zero-order valence-electron chi connectivity index (χ0n) is 21.9. The molecule has 0 aromatic heterocycles. The molecule has 0 amide bonds. The Kier molecular flexibility index (Phi) is 25.7. The highest BCUT2D eigenvalue weighted by Crippen LogP contribution is 2.16. The number of unbranched alkanes of at least 4 members (excludes halogenated alkanes) is 19. The molecule has 0 aliphatic heterocycles. The Morgan fingerprint density at radius 3 is 1.38 bits per heavy atom. The van der Waals surface area contributed by atoms with E-state index in [2.05, 4.69) is 13.8 Å². The smallest absolute Gasteiger partial charge is 0.306 e. The lowest BCUT2D eigenvalue weighted by Gasteiger charge is -2.15. The van der Waals surface area contributed by atoms with Crippen LogP contribution < -0.4 is 0 Å². The van der Waals surface area contributed by atoms with Crippen LogP contribution in [-0.2, 0) is 14.3 Å². The van der Waals surface area contributed by atoms with Crippen LogP contribution in [0.15, 0.2) is 0 Å². The number of carbonyl (C=O) groups is 2. The van der Waals surface area contributed by atoms with Crippen molar-refractivity contribution < 1.29 is 14.3 Å². The second-order valence-electron chi connectivity index (χ2n) is 9.77. The lowest BCUT2D eigenvalue weighted by molar-refractivity contribution is -0.150. The van der Waals surface area contributed by atoms with Crippen LogP contribution in [0.3, 0.4) is 0 Å². The van der Waals surface area contributed by atoms with Gasteiger partial charge in [-0.15, -0.1) is 0 Å². The van der Waals surface area contributed by atoms with E-state index < -0.39 is 0 Å². The number of rotatable bonds is 26. The first kappa shape index (κ1) is 31.1. The summed E-state index contributed by atoms with van der Waals surface area (Å²) in [6, 6.07) is 0. The third-order valence-electron chi connectivity index (χ3n) is 6.52. The Labute approximate surface area is 200 Å². The topological polar surface area (TPSA) is 43.4 Å². The highest BCUT2D eigenvalue weighted by Gasteiger charge is 2.13. The molecule has 0 bridgehead atoms. The van der Waals surface area contributed by atoms with Gasteiger partial charge in [0, 0.05) is 12.8 Å². The summed E-state index contributed by atoms with van der Waals surface area (Å²) in [7, 11) is 0. The van der Waals surface area contributed by atoms with E-state index in [9.17, 15) is 9.59 Å². The van der Waals surface area contributed by atoms with Gasteiger partial charge in [-0.05, 0) is 19.3 Å². The van der Waals surface area contributed by atoms with Gasteiger partial charge in [0.05, 0.1) is 0 Å². The first-order valence-corrected chi connectivity index (χ1v) is 14.4. The largest absolute Gasteiger partial charge is 0.462 e. The van der Waals surface area contributed by atoms with Gasteiger partial charge in [-0.3, -0.25) is 4.79 Å². The van der Waals surface area contributed by atoms with Crippen molar-refractivity contribution in [2.45, 2.75) is 174 Å². The molecule has 0 heterocycles. The summed E-state index contributed by atoms with van der Waals surface area (Å²) in [4.78, 5) is 23.1. The van der Waals surface area contributed by atoms with Crippen LogP contribution in [0, 0.1) is 0 Å². The summed E-state index contributed by atoms with van der Waals surface area (Å²) in [5.74, 6) is -0.111. The zero-order chi connectivity index (χ0) is 23.5. The maximum atomic E-state index is 12.1. The minimum Gasteiger partial charge on any atom is -0.462 e. The highest BCUT2D eigenvalue weighted by molar-refractivity contribution is 5.69. The summed E-state index contributed by atoms with van der Waals surface area (Å²) in [6.07, 6.45) is 29.4. The second kappa shape index (κ2) is 26.4. The molecule has 0 saturated carbocycles. The Hall–Kier alpha value is -0.860. The van der Waals surface area contributed by atoms with Gasteiger partial charge in [0.15, 0.2) is 0 Å². The molecule has 0 fully saturated rings. The van der Waals surface area contributed by atoms with Crippen molar-refractivity contribution in [1.82, 2.24) is 0 Å². The van der Waals surface area contributed by atoms with Crippen LogP contribution in [-0.4, -0.2) is 18.4 Å². The number of hydrogen-bond acceptors (Lipinski definition) is 3. The van der Waals surface area contributed by atoms with Gasteiger partial charge in [0.2, 0.25) is 0 Å². The molecule has 3 heteroatoms. The van der Waals surface area contributed by atoms with E-state index in [1.54, 1.807) is 0 Å². The molecule has 0 aromatic rings. The van der Waals surface area contributed by atoms with Crippen molar-refractivity contribution in [2.75, 3.05) is 0 Å². The lowest BCUT2D eigenvalue weighted by atomic mass is 10.0. The average Bonchev–Trinajstić information content (AvgIpc) is 2.78. The molecule has 0 rings (SSSR count). The van der Waals surface area contributed by atoms with Gasteiger partial charge in [-0.1, -0.05) is 136 Å². The monoisotopic (exact) mass is 452 g/mol. The van der Waals surface area contributed by atoms with Crippen molar-refractivity contribution in [3.63, 3.8) is 0 Å². The predicted octanol–water partition coefficient (Wildman–Crippen LogP) is 9.50. The number of ether oxygens (including phenoxy) is 1. The normalized spacial score (nSPS) is 12.1. The van der Waals surface area contributed by atoms with E-state index in [0.717, 1.165) is 32.0 Å². The van der Waals surface area contributed by atoms with Gasteiger partial charge in [-0.2, -0.15) is 0 Å². The van der Waals surface area contributed by atoms with Gasteiger partial charge in [0.25, 0.3) is 0 Å². The summed E-state index contributed by atoms with van der Waals surface area (Å²) in [5, 5.41) is 0. The number of hydrogen-bond donors (Lipinski definition) is 0. The molecular weight excluding hydrogens is 396 g/mol. The van der Waals surface area contributed by atoms with Crippen LogP contribution in [0.25, 0.3) is 0 Å². The van der Waals surface area contributed by atoms with Crippen LogP contribution in [0.2, 0.25) is 0 Å². The van der Waals surface area contributed by atoms with Crippen LogP contribution >= 0.6 is 0 Å². The molecule has 32 heavy (non-hydrogen) atoms. The molecule has 0 N–H and O–H groups in total. The minimum atomic E-state index is -0.207. The van der Waals surface area contributed by atoms with E-state index in [4.69, 9.17) is 4.74 Å². The summed E-state index contributed by atoms with van der Waals surface area (Å²) in [6.45, 7) is 4.52. The van der Waals surface area contributed by atoms with Gasteiger partial charge < -0.3 is 9.53 Å². The minimum absolute atomic E-state index is 0.111. The zero-order valence-corrected chi connectivity index (χ0v) is 21.9. The summed E-state index contributed by atoms with van der Waals surface area (Å²) >= 11 is 0. The fraction of sp³-hybridized carbons (Fsp3) is 0.931. The van der Waals surface area contributed by atoms with E-state index in [0.29, 0.717) is 12.8 Å². The molecule has 0 saturated heterocycles. The fourth-order valence-corrected chi connectivity index (χ4v) is 4.37. The first-order chi connectivity index (χ1) is 15.7. The highest BCUT2D eigenvalue weighted by atomic mass is 16.5. The summed E-state index contributed by atoms with van der Waals surface area (Å²) < 4.78 is 5.60. The lowest BCUT2D eigenvalue weighted by Crippen LogP contribution is -2.18. The first-order valence-electron chi connectivity index (χ1n) is 14.4. The summed E-state index contributed by atoms with van der Waals surface area (Å²) in [5.41, 5.74) is 0. The van der Waals surface area contributed by atoms with Gasteiger partial charge in [0.1, 0.15) is 12.4 Å². The molecule has 0 aliphatic carbocycles. The average molecular weight is 453 g/mol. The Balaban J connectivity index is 3.58. The SMILES string of the molecule is CCCCCCCCCCCCCC(=O)OC(CC=O)CCCCCCCCCCCC. The fourth-order valence-electron chi connectivity index (χ4n) is 4.37. The van der Waals surface area contributed by atoms with Gasteiger partial charge in [-0.25, -0.2) is 0 Å². The van der Waals surface area contributed by atoms with Gasteiger partial charge >= 0.3 is 5.97 Å². The third-order valence-corrected chi connectivity index (χ3v) is 6.52. The molecule has 3 nitrogen and oxygen atoms in total. The van der Waals surface area contributed by atoms with Crippen molar-refractivity contribution in [3.05, 3.63) is 0 Å². The third kappa shape index (κ3) is 23.8. The van der Waals surface area contributed by atoms with E-state index in [1.807, 2.05) is 0 Å². The number of esters is 1. The Morgan fingerprint density at radius 1 is 0.594 bits per heavy atom. The quantitative estimate of drug-likeness (QED) is 0.0745. The van der Waals surface area contributed by atoms with E-state index in [1.165, 1.54) is 116 Å². The Bertz CT molecular complexity index is 394. The molecule has 190 valence electrons.